The molecule has 0 atom stereocenters. The van der Waals surface area contributed by atoms with Gasteiger partial charge < -0.3 is 10.2 Å². The highest BCUT2D eigenvalue weighted by molar-refractivity contribution is 5.96. The Balaban J connectivity index is 1.47. The summed E-state index contributed by atoms with van der Waals surface area (Å²) in [5.74, 6) is -0.157. The van der Waals surface area contributed by atoms with Crippen molar-refractivity contribution in [1.29, 1.82) is 0 Å². The molecular weight excluding hydrogens is 503 g/mol. The van der Waals surface area contributed by atoms with E-state index in [1.807, 2.05) is 55.5 Å². The number of para-hydroxylation sites is 2. The topological polar surface area (TPSA) is 70.1 Å². The van der Waals surface area contributed by atoms with Crippen LogP contribution in [0.5, 0.6) is 11.6 Å². The predicted octanol–water partition coefficient (Wildman–Crippen LogP) is 9.32. The number of aromatic hydroxyl groups is 2. The third-order valence-electron chi connectivity index (χ3n) is 6.55. The largest absolute Gasteiger partial charge is 0.505 e. The molecule has 0 spiro atoms. The van der Waals surface area contributed by atoms with E-state index in [0.29, 0.717) is 28.6 Å². The summed E-state index contributed by atoms with van der Waals surface area (Å²) in [4.78, 5) is 0. The van der Waals surface area contributed by atoms with Crippen LogP contribution in [0.1, 0.15) is 24.0 Å². The number of benzene rings is 4. The van der Waals surface area contributed by atoms with Crippen LogP contribution in [0.25, 0.3) is 27.7 Å². The van der Waals surface area contributed by atoms with E-state index in [1.54, 1.807) is 47.0 Å². The van der Waals surface area contributed by atoms with Crippen molar-refractivity contribution in [3.05, 3.63) is 102 Å². The summed E-state index contributed by atoms with van der Waals surface area (Å²) < 4.78 is 39.1. The second-order valence-electron chi connectivity index (χ2n) is 9.40. The first-order chi connectivity index (χ1) is 18.7. The Kier molecular flexibility index (Phi) is 7.11. The fraction of sp³-hybridized carbons (Fsp3) is 0.161. The lowest BCUT2D eigenvalue weighted by molar-refractivity contribution is -0.135. The Morgan fingerprint density at radius 3 is 2.31 bits per heavy atom. The first-order valence-electron chi connectivity index (χ1n) is 12.5. The molecule has 39 heavy (non-hydrogen) atoms. The SMILES string of the molecule is Cc1cccc(-c2cccc(N=Nc3c(O)n(-c4ccc(CCCC(F)(F)F)cc4)c4ccccc34)c2O)c1. The Hall–Kier alpha value is -4.59. The molecule has 0 unspecified atom stereocenters. The minimum absolute atomic E-state index is 0.0169. The van der Waals surface area contributed by atoms with E-state index in [0.717, 1.165) is 16.7 Å². The zero-order valence-corrected chi connectivity index (χ0v) is 21.2. The lowest BCUT2D eigenvalue weighted by Gasteiger charge is -2.09. The normalized spacial score (nSPS) is 12.0. The van der Waals surface area contributed by atoms with Crippen LogP contribution in [0.2, 0.25) is 0 Å². The zero-order chi connectivity index (χ0) is 27.6. The van der Waals surface area contributed by atoms with Gasteiger partial charge >= 0.3 is 6.18 Å². The molecular formula is C31H26F3N3O2. The van der Waals surface area contributed by atoms with Gasteiger partial charge in [0.15, 0.2) is 11.4 Å². The van der Waals surface area contributed by atoms with E-state index in [2.05, 4.69) is 10.2 Å². The van der Waals surface area contributed by atoms with Crippen LogP contribution >= 0.6 is 0 Å². The monoisotopic (exact) mass is 529 g/mol. The lowest BCUT2D eigenvalue weighted by atomic mass is 10.0. The molecule has 0 amide bonds. The number of phenols is 1. The van der Waals surface area contributed by atoms with Crippen LogP contribution < -0.4 is 0 Å². The summed E-state index contributed by atoms with van der Waals surface area (Å²) in [7, 11) is 0. The van der Waals surface area contributed by atoms with Gasteiger partial charge in [0.25, 0.3) is 0 Å². The van der Waals surface area contributed by atoms with Gasteiger partial charge in [-0.15, -0.1) is 10.2 Å². The van der Waals surface area contributed by atoms with E-state index in [4.69, 9.17) is 0 Å². The number of fused-ring (bicyclic) bond motifs is 1. The number of aryl methyl sites for hydroxylation is 2. The number of aromatic nitrogens is 1. The summed E-state index contributed by atoms with van der Waals surface area (Å²) in [6, 6.07) is 27.3. The number of azo groups is 1. The molecule has 0 saturated heterocycles. The Labute approximate surface area is 223 Å². The second kappa shape index (κ2) is 10.6. The zero-order valence-electron chi connectivity index (χ0n) is 21.2. The molecule has 1 aromatic heterocycles. The predicted molar refractivity (Wildman–Crippen MR) is 146 cm³/mol. The number of nitrogens with zero attached hydrogens (tertiary/aromatic N) is 3. The molecule has 5 aromatic rings. The number of rotatable bonds is 7. The summed E-state index contributed by atoms with van der Waals surface area (Å²) in [6.07, 6.45) is -4.67. The lowest BCUT2D eigenvalue weighted by Crippen LogP contribution is -2.07. The highest BCUT2D eigenvalue weighted by Gasteiger charge is 2.26. The first kappa shape index (κ1) is 26.0. The van der Waals surface area contributed by atoms with Gasteiger partial charge in [-0.2, -0.15) is 13.2 Å². The molecule has 0 bridgehead atoms. The molecule has 0 radical (unpaired) electrons. The highest BCUT2D eigenvalue weighted by atomic mass is 19.4. The Morgan fingerprint density at radius 2 is 1.56 bits per heavy atom. The maximum atomic E-state index is 12.5. The summed E-state index contributed by atoms with van der Waals surface area (Å²) in [5.41, 5.74) is 5.13. The molecule has 0 fully saturated rings. The standard InChI is InChI=1S/C31H26F3N3O2/c1-20-7-4-9-22(19-20)24-11-5-12-26(29(24)38)35-36-28-25-10-2-3-13-27(25)37(30(28)39)23-16-14-21(15-17-23)8-6-18-31(32,33)34/h2-5,7,9-17,19,38-39H,6,8,18H2,1H3. The minimum atomic E-state index is -4.17. The van der Waals surface area contributed by atoms with Crippen LogP contribution in [0.15, 0.2) is 101 Å². The first-order valence-corrected chi connectivity index (χ1v) is 12.5. The van der Waals surface area contributed by atoms with Gasteiger partial charge in [-0.3, -0.25) is 4.57 Å². The maximum Gasteiger partial charge on any atom is 0.389 e. The molecule has 8 heteroatoms. The average Bonchev–Trinajstić information content (AvgIpc) is 3.19. The van der Waals surface area contributed by atoms with Gasteiger partial charge in [0.1, 0.15) is 5.69 Å². The smallest absolute Gasteiger partial charge is 0.389 e. The summed E-state index contributed by atoms with van der Waals surface area (Å²) >= 11 is 0. The van der Waals surface area contributed by atoms with Crippen molar-refractivity contribution in [1.82, 2.24) is 4.57 Å². The van der Waals surface area contributed by atoms with E-state index >= 15 is 0 Å². The van der Waals surface area contributed by atoms with Crippen LogP contribution in [-0.2, 0) is 6.42 Å². The molecule has 5 rings (SSSR count). The molecule has 0 aliphatic carbocycles. The van der Waals surface area contributed by atoms with Gasteiger partial charge in [0.05, 0.1) is 5.52 Å². The van der Waals surface area contributed by atoms with E-state index < -0.39 is 12.6 Å². The van der Waals surface area contributed by atoms with Gasteiger partial charge in [0.2, 0.25) is 5.88 Å². The summed E-state index contributed by atoms with van der Waals surface area (Å²) in [6.45, 7) is 1.98. The number of hydrogen-bond donors (Lipinski definition) is 2. The van der Waals surface area contributed by atoms with Crippen molar-refractivity contribution in [3.63, 3.8) is 0 Å². The summed E-state index contributed by atoms with van der Waals surface area (Å²) in [5, 5.41) is 31.4. The average molecular weight is 530 g/mol. The Bertz CT molecular complexity index is 1650. The van der Waals surface area contributed by atoms with Gasteiger partial charge in [-0.1, -0.05) is 72.3 Å². The molecule has 5 nitrogen and oxygen atoms in total. The number of hydrogen-bond acceptors (Lipinski definition) is 4. The van der Waals surface area contributed by atoms with Gasteiger partial charge in [-0.05, 0) is 55.2 Å². The Morgan fingerprint density at radius 1 is 0.821 bits per heavy atom. The number of phenolic OH excluding ortho intramolecular Hbond substituents is 1. The molecule has 0 aliphatic heterocycles. The molecule has 1 heterocycles. The minimum Gasteiger partial charge on any atom is -0.505 e. The van der Waals surface area contributed by atoms with Crippen molar-refractivity contribution in [2.24, 2.45) is 10.2 Å². The van der Waals surface area contributed by atoms with Crippen LogP contribution in [0, 0.1) is 6.92 Å². The van der Waals surface area contributed by atoms with Crippen LogP contribution in [0.3, 0.4) is 0 Å². The molecule has 198 valence electrons. The number of halogens is 3. The van der Waals surface area contributed by atoms with Crippen molar-refractivity contribution >= 4 is 22.3 Å². The fourth-order valence-corrected chi connectivity index (χ4v) is 4.64. The third kappa shape index (κ3) is 5.65. The highest BCUT2D eigenvalue weighted by Crippen LogP contribution is 2.43. The quantitative estimate of drug-likeness (QED) is 0.206. The van der Waals surface area contributed by atoms with Crippen molar-refractivity contribution in [3.8, 4) is 28.4 Å². The van der Waals surface area contributed by atoms with Crippen molar-refractivity contribution in [2.45, 2.75) is 32.4 Å². The second-order valence-corrected chi connectivity index (χ2v) is 9.40. The molecule has 0 aliphatic rings. The molecule has 0 saturated carbocycles. The van der Waals surface area contributed by atoms with E-state index in [-0.39, 0.29) is 29.4 Å². The van der Waals surface area contributed by atoms with Crippen molar-refractivity contribution < 1.29 is 23.4 Å². The maximum absolute atomic E-state index is 12.5. The van der Waals surface area contributed by atoms with Crippen molar-refractivity contribution in [2.75, 3.05) is 0 Å². The van der Waals surface area contributed by atoms with E-state index in [9.17, 15) is 23.4 Å². The molecule has 4 aromatic carbocycles. The van der Waals surface area contributed by atoms with Crippen LogP contribution in [-0.4, -0.2) is 21.0 Å². The number of alkyl halides is 3. The van der Waals surface area contributed by atoms with Gasteiger partial charge in [0, 0.05) is 23.1 Å². The molecule has 2 N–H and O–H groups in total. The van der Waals surface area contributed by atoms with E-state index in [1.165, 1.54) is 0 Å². The third-order valence-corrected chi connectivity index (χ3v) is 6.55. The van der Waals surface area contributed by atoms with Gasteiger partial charge in [-0.25, -0.2) is 0 Å². The van der Waals surface area contributed by atoms with Crippen LogP contribution in [0.4, 0.5) is 24.5 Å². The fourth-order valence-electron chi connectivity index (χ4n) is 4.64.